The normalized spacial score (nSPS) is 15.7. The number of hydrogen-bond donors (Lipinski definition) is 2. The van der Waals surface area contributed by atoms with Crippen molar-refractivity contribution < 1.29 is 19.4 Å². The van der Waals surface area contributed by atoms with E-state index in [-0.39, 0.29) is 0 Å². The van der Waals surface area contributed by atoms with Gasteiger partial charge in [-0.2, -0.15) is 0 Å². The molecule has 1 aromatic rings. The summed E-state index contributed by atoms with van der Waals surface area (Å²) < 4.78 is 5.18. The Morgan fingerprint density at radius 3 is 2.58 bits per heavy atom. The molecule has 0 unspecified atom stereocenters. The summed E-state index contributed by atoms with van der Waals surface area (Å²) in [5.41, 5.74) is 0.336. The SMILES string of the molecule is CCc1ccc(OC)c(NC(=O)C2(C(=O)O)CC2)c1. The fourth-order valence-corrected chi connectivity index (χ4v) is 1.98. The van der Waals surface area contributed by atoms with E-state index in [1.807, 2.05) is 19.1 Å². The maximum Gasteiger partial charge on any atom is 0.319 e. The van der Waals surface area contributed by atoms with Gasteiger partial charge in [-0.25, -0.2) is 0 Å². The van der Waals surface area contributed by atoms with Crippen LogP contribution in [0.5, 0.6) is 5.75 Å². The fourth-order valence-electron chi connectivity index (χ4n) is 1.98. The molecule has 0 spiro atoms. The summed E-state index contributed by atoms with van der Waals surface area (Å²) in [5, 5.41) is 11.8. The van der Waals surface area contributed by atoms with E-state index in [0.717, 1.165) is 12.0 Å². The first kappa shape index (κ1) is 13.4. The van der Waals surface area contributed by atoms with Crippen LogP contribution in [0.2, 0.25) is 0 Å². The van der Waals surface area contributed by atoms with Gasteiger partial charge in [-0.15, -0.1) is 0 Å². The van der Waals surface area contributed by atoms with E-state index in [2.05, 4.69) is 5.32 Å². The van der Waals surface area contributed by atoms with Crippen LogP contribution in [0.15, 0.2) is 18.2 Å². The number of methoxy groups -OCH3 is 1. The second-order valence-electron chi connectivity index (χ2n) is 4.73. The lowest BCUT2D eigenvalue weighted by atomic mass is 10.1. The third-order valence-corrected chi connectivity index (χ3v) is 3.51. The largest absolute Gasteiger partial charge is 0.495 e. The highest BCUT2D eigenvalue weighted by Gasteiger charge is 2.57. The number of anilines is 1. The van der Waals surface area contributed by atoms with Crippen LogP contribution >= 0.6 is 0 Å². The Kier molecular flexibility index (Phi) is 3.46. The molecule has 0 heterocycles. The summed E-state index contributed by atoms with van der Waals surface area (Å²) in [5.74, 6) is -0.992. The Labute approximate surface area is 111 Å². The van der Waals surface area contributed by atoms with Gasteiger partial charge in [-0.3, -0.25) is 9.59 Å². The quantitative estimate of drug-likeness (QED) is 0.797. The number of aryl methyl sites for hydroxylation is 1. The van der Waals surface area contributed by atoms with Gasteiger partial charge in [0.25, 0.3) is 0 Å². The lowest BCUT2D eigenvalue weighted by Gasteiger charge is -2.14. The molecule has 1 amide bonds. The van der Waals surface area contributed by atoms with Crippen LogP contribution in [0.1, 0.15) is 25.3 Å². The minimum Gasteiger partial charge on any atom is -0.495 e. The van der Waals surface area contributed by atoms with Gasteiger partial charge in [0.05, 0.1) is 12.8 Å². The first-order valence-corrected chi connectivity index (χ1v) is 6.25. The maximum absolute atomic E-state index is 12.1. The monoisotopic (exact) mass is 263 g/mol. The molecule has 0 aliphatic heterocycles. The number of aliphatic carboxylic acids is 1. The van der Waals surface area contributed by atoms with E-state index >= 15 is 0 Å². The van der Waals surface area contributed by atoms with E-state index in [4.69, 9.17) is 9.84 Å². The summed E-state index contributed by atoms with van der Waals surface area (Å²) in [7, 11) is 1.51. The lowest BCUT2D eigenvalue weighted by molar-refractivity contribution is -0.147. The van der Waals surface area contributed by atoms with Crippen molar-refractivity contribution in [2.45, 2.75) is 26.2 Å². The van der Waals surface area contributed by atoms with Crippen molar-refractivity contribution in [2.75, 3.05) is 12.4 Å². The Balaban J connectivity index is 2.23. The molecule has 2 rings (SSSR count). The number of amides is 1. The first-order chi connectivity index (χ1) is 9.03. The highest BCUT2D eigenvalue weighted by molar-refractivity contribution is 6.11. The van der Waals surface area contributed by atoms with Gasteiger partial charge < -0.3 is 15.2 Å². The van der Waals surface area contributed by atoms with Crippen LogP contribution in [0.4, 0.5) is 5.69 Å². The molecule has 2 N–H and O–H groups in total. The molecule has 0 saturated heterocycles. The van der Waals surface area contributed by atoms with Crippen molar-refractivity contribution in [1.82, 2.24) is 0 Å². The number of hydrogen-bond acceptors (Lipinski definition) is 3. The van der Waals surface area contributed by atoms with Gasteiger partial charge in [-0.05, 0) is 37.0 Å². The average Bonchev–Trinajstić information content (AvgIpc) is 3.20. The molecule has 1 fully saturated rings. The van der Waals surface area contributed by atoms with Gasteiger partial charge >= 0.3 is 5.97 Å². The van der Waals surface area contributed by atoms with Gasteiger partial charge in [-0.1, -0.05) is 13.0 Å². The Morgan fingerprint density at radius 2 is 2.11 bits per heavy atom. The Morgan fingerprint density at radius 1 is 1.42 bits per heavy atom. The third-order valence-electron chi connectivity index (χ3n) is 3.51. The van der Waals surface area contributed by atoms with E-state index in [0.29, 0.717) is 24.3 Å². The molecular formula is C14H17NO4. The number of carboxylic acids is 1. The molecule has 1 aromatic carbocycles. The number of carbonyl (C=O) groups is 2. The molecule has 0 bridgehead atoms. The minimum atomic E-state index is -1.24. The van der Waals surface area contributed by atoms with Crippen LogP contribution in [-0.2, 0) is 16.0 Å². The Bertz CT molecular complexity index is 520. The zero-order valence-corrected chi connectivity index (χ0v) is 11.0. The van der Waals surface area contributed by atoms with Gasteiger partial charge in [0.1, 0.15) is 11.2 Å². The lowest BCUT2D eigenvalue weighted by Crippen LogP contribution is -2.31. The zero-order chi connectivity index (χ0) is 14.0. The number of carbonyl (C=O) groups excluding carboxylic acids is 1. The summed E-state index contributed by atoms with van der Waals surface area (Å²) in [6.07, 6.45) is 1.62. The minimum absolute atomic E-state index is 0.393. The van der Waals surface area contributed by atoms with Crippen molar-refractivity contribution in [3.05, 3.63) is 23.8 Å². The molecule has 0 radical (unpaired) electrons. The van der Waals surface area contributed by atoms with Crippen molar-refractivity contribution >= 4 is 17.6 Å². The van der Waals surface area contributed by atoms with Gasteiger partial charge in [0, 0.05) is 0 Å². The summed E-state index contributed by atoms with van der Waals surface area (Å²) in [4.78, 5) is 23.2. The molecule has 102 valence electrons. The van der Waals surface area contributed by atoms with Crippen LogP contribution in [-0.4, -0.2) is 24.1 Å². The Hall–Kier alpha value is -2.04. The van der Waals surface area contributed by atoms with Crippen molar-refractivity contribution in [3.8, 4) is 5.75 Å². The van der Waals surface area contributed by atoms with Crippen molar-refractivity contribution in [2.24, 2.45) is 5.41 Å². The topological polar surface area (TPSA) is 75.6 Å². The van der Waals surface area contributed by atoms with Crippen LogP contribution in [0.3, 0.4) is 0 Å². The van der Waals surface area contributed by atoms with Crippen LogP contribution in [0, 0.1) is 5.41 Å². The maximum atomic E-state index is 12.1. The molecule has 19 heavy (non-hydrogen) atoms. The van der Waals surface area contributed by atoms with Crippen molar-refractivity contribution in [1.29, 1.82) is 0 Å². The molecule has 5 heteroatoms. The summed E-state index contributed by atoms with van der Waals surface area (Å²) in [6.45, 7) is 2.01. The predicted molar refractivity (Wildman–Crippen MR) is 70.3 cm³/mol. The number of rotatable bonds is 5. The molecule has 1 aliphatic rings. The molecule has 0 atom stereocenters. The van der Waals surface area contributed by atoms with Gasteiger partial charge in [0.15, 0.2) is 0 Å². The first-order valence-electron chi connectivity index (χ1n) is 6.25. The average molecular weight is 263 g/mol. The molecular weight excluding hydrogens is 246 g/mol. The highest BCUT2D eigenvalue weighted by atomic mass is 16.5. The molecule has 1 saturated carbocycles. The zero-order valence-electron chi connectivity index (χ0n) is 11.0. The number of carboxylic acid groups (broad SMARTS) is 1. The fraction of sp³-hybridized carbons (Fsp3) is 0.429. The molecule has 1 aliphatic carbocycles. The number of ether oxygens (including phenoxy) is 1. The van der Waals surface area contributed by atoms with E-state index < -0.39 is 17.3 Å². The molecule has 0 aromatic heterocycles. The highest BCUT2D eigenvalue weighted by Crippen LogP contribution is 2.47. The van der Waals surface area contributed by atoms with Gasteiger partial charge in [0.2, 0.25) is 5.91 Å². The predicted octanol–water partition coefficient (Wildman–Crippen LogP) is 2.06. The summed E-state index contributed by atoms with van der Waals surface area (Å²) in [6, 6.07) is 5.50. The molecule has 5 nitrogen and oxygen atoms in total. The standard InChI is InChI=1S/C14H17NO4/c1-3-9-4-5-11(19-2)10(8-9)15-12(16)14(6-7-14)13(17)18/h4-5,8H,3,6-7H2,1-2H3,(H,15,16)(H,17,18). The number of nitrogens with one attached hydrogen (secondary N) is 1. The van der Waals surface area contributed by atoms with E-state index in [1.165, 1.54) is 7.11 Å². The van der Waals surface area contributed by atoms with E-state index in [1.54, 1.807) is 6.07 Å². The smallest absolute Gasteiger partial charge is 0.319 e. The summed E-state index contributed by atoms with van der Waals surface area (Å²) >= 11 is 0. The van der Waals surface area contributed by atoms with E-state index in [9.17, 15) is 9.59 Å². The second kappa shape index (κ2) is 4.91. The van der Waals surface area contributed by atoms with Crippen LogP contribution < -0.4 is 10.1 Å². The second-order valence-corrected chi connectivity index (χ2v) is 4.73. The number of benzene rings is 1. The van der Waals surface area contributed by atoms with Crippen LogP contribution in [0.25, 0.3) is 0 Å². The third kappa shape index (κ3) is 2.41. The van der Waals surface area contributed by atoms with Crippen molar-refractivity contribution in [3.63, 3.8) is 0 Å².